The quantitative estimate of drug-likeness (QED) is 0.688. The average Bonchev–Trinajstić information content (AvgIpc) is 2.41. The van der Waals surface area contributed by atoms with Gasteiger partial charge in [0.05, 0.1) is 4.92 Å². The standard InChI is InChI=1S/C13H9BrN2O4/c14-9-3-1-2-8(6-9)13(18)15-11-7-10(16(19)20)4-5-12(11)17/h1-7,17H,(H,15,18)/p-1. The number of benzene rings is 2. The van der Waals surface area contributed by atoms with Gasteiger partial charge in [-0.05, 0) is 18.2 Å². The van der Waals surface area contributed by atoms with Crippen molar-refractivity contribution in [2.45, 2.75) is 0 Å². The van der Waals surface area contributed by atoms with E-state index in [1.807, 2.05) is 0 Å². The van der Waals surface area contributed by atoms with Crippen molar-refractivity contribution in [1.29, 1.82) is 0 Å². The minimum absolute atomic E-state index is 0.121. The fourth-order valence-electron chi connectivity index (χ4n) is 1.55. The molecule has 0 saturated carbocycles. The van der Waals surface area contributed by atoms with Gasteiger partial charge in [-0.3, -0.25) is 14.9 Å². The molecule has 0 heterocycles. The number of nitro benzene ring substituents is 1. The van der Waals surface area contributed by atoms with Crippen LogP contribution in [0.1, 0.15) is 10.4 Å². The lowest BCUT2D eigenvalue weighted by molar-refractivity contribution is -0.385. The Morgan fingerprint density at radius 2 is 1.95 bits per heavy atom. The first-order valence-electron chi connectivity index (χ1n) is 5.50. The Morgan fingerprint density at radius 3 is 2.60 bits per heavy atom. The highest BCUT2D eigenvalue weighted by Crippen LogP contribution is 2.26. The molecule has 0 bridgehead atoms. The van der Waals surface area contributed by atoms with E-state index in [9.17, 15) is 20.0 Å². The first kappa shape index (κ1) is 14.0. The molecule has 0 fully saturated rings. The van der Waals surface area contributed by atoms with Crippen LogP contribution in [0.15, 0.2) is 46.9 Å². The monoisotopic (exact) mass is 335 g/mol. The molecule has 0 saturated heterocycles. The molecule has 7 heteroatoms. The molecular formula is C13H8BrN2O4-. The molecule has 0 aliphatic rings. The van der Waals surface area contributed by atoms with Crippen LogP contribution >= 0.6 is 15.9 Å². The van der Waals surface area contributed by atoms with Crippen LogP contribution in [0.3, 0.4) is 0 Å². The second-order valence-electron chi connectivity index (χ2n) is 3.90. The summed E-state index contributed by atoms with van der Waals surface area (Å²) in [6.45, 7) is 0. The molecule has 1 amide bonds. The Balaban J connectivity index is 2.27. The predicted molar refractivity (Wildman–Crippen MR) is 74.6 cm³/mol. The maximum Gasteiger partial charge on any atom is 0.271 e. The second-order valence-corrected chi connectivity index (χ2v) is 4.82. The lowest BCUT2D eigenvalue weighted by Gasteiger charge is -2.14. The van der Waals surface area contributed by atoms with Crippen LogP contribution in [0.4, 0.5) is 11.4 Å². The molecule has 0 aliphatic heterocycles. The van der Waals surface area contributed by atoms with Gasteiger partial charge in [-0.2, -0.15) is 0 Å². The molecular weight excluding hydrogens is 328 g/mol. The van der Waals surface area contributed by atoms with Gasteiger partial charge < -0.3 is 10.4 Å². The summed E-state index contributed by atoms with van der Waals surface area (Å²) in [6, 6.07) is 9.76. The summed E-state index contributed by atoms with van der Waals surface area (Å²) in [5.74, 6) is -0.997. The zero-order valence-corrected chi connectivity index (χ0v) is 11.6. The zero-order valence-electron chi connectivity index (χ0n) is 10.00. The topological polar surface area (TPSA) is 95.3 Å². The molecule has 20 heavy (non-hydrogen) atoms. The van der Waals surface area contributed by atoms with Crippen molar-refractivity contribution in [3.8, 4) is 5.75 Å². The number of carbonyl (C=O) groups excluding carboxylic acids is 1. The van der Waals surface area contributed by atoms with Gasteiger partial charge in [0.15, 0.2) is 0 Å². The molecule has 0 spiro atoms. The molecule has 102 valence electrons. The number of nitrogens with zero attached hydrogens (tertiary/aromatic N) is 1. The van der Waals surface area contributed by atoms with E-state index in [1.165, 1.54) is 0 Å². The summed E-state index contributed by atoms with van der Waals surface area (Å²) >= 11 is 3.23. The number of hydrogen-bond donors (Lipinski definition) is 1. The number of anilines is 1. The lowest BCUT2D eigenvalue weighted by atomic mass is 10.2. The van der Waals surface area contributed by atoms with Gasteiger partial charge in [-0.15, -0.1) is 0 Å². The van der Waals surface area contributed by atoms with E-state index >= 15 is 0 Å². The van der Waals surface area contributed by atoms with Gasteiger partial charge in [0.2, 0.25) is 0 Å². The van der Waals surface area contributed by atoms with Crippen molar-refractivity contribution >= 4 is 33.2 Å². The Morgan fingerprint density at radius 1 is 1.20 bits per heavy atom. The van der Waals surface area contributed by atoms with E-state index in [0.717, 1.165) is 18.2 Å². The van der Waals surface area contributed by atoms with Crippen LogP contribution < -0.4 is 10.4 Å². The average molecular weight is 336 g/mol. The van der Waals surface area contributed by atoms with Crippen molar-refractivity contribution < 1.29 is 14.8 Å². The van der Waals surface area contributed by atoms with Crippen LogP contribution in [0.2, 0.25) is 0 Å². The molecule has 0 atom stereocenters. The molecule has 0 aliphatic carbocycles. The summed E-state index contributed by atoms with van der Waals surface area (Å²) in [5.41, 5.74) is -0.0383. The first-order chi connectivity index (χ1) is 9.47. The lowest BCUT2D eigenvalue weighted by Crippen LogP contribution is -2.13. The summed E-state index contributed by atoms with van der Waals surface area (Å²) in [7, 11) is 0. The van der Waals surface area contributed by atoms with Crippen molar-refractivity contribution in [2.24, 2.45) is 0 Å². The summed E-state index contributed by atoms with van der Waals surface area (Å²) < 4.78 is 0.714. The van der Waals surface area contributed by atoms with Crippen molar-refractivity contribution in [3.05, 3.63) is 62.6 Å². The van der Waals surface area contributed by atoms with E-state index in [1.54, 1.807) is 24.3 Å². The molecule has 2 aromatic carbocycles. The van der Waals surface area contributed by atoms with Crippen molar-refractivity contribution in [2.75, 3.05) is 5.32 Å². The minimum Gasteiger partial charge on any atom is -0.871 e. The van der Waals surface area contributed by atoms with Crippen molar-refractivity contribution in [3.63, 3.8) is 0 Å². The summed E-state index contributed by atoms with van der Waals surface area (Å²) in [5, 5.41) is 24.6. The fraction of sp³-hybridized carbons (Fsp3) is 0. The first-order valence-corrected chi connectivity index (χ1v) is 6.29. The van der Waals surface area contributed by atoms with Crippen LogP contribution in [0.5, 0.6) is 5.75 Å². The van der Waals surface area contributed by atoms with Gasteiger partial charge in [-0.25, -0.2) is 0 Å². The van der Waals surface area contributed by atoms with Gasteiger partial charge in [0.25, 0.3) is 11.6 Å². The Bertz CT molecular complexity index is 688. The molecule has 0 aromatic heterocycles. The highest BCUT2D eigenvalue weighted by Gasteiger charge is 2.11. The number of nitrogens with one attached hydrogen (secondary N) is 1. The van der Waals surface area contributed by atoms with E-state index in [-0.39, 0.29) is 11.4 Å². The Kier molecular flexibility index (Phi) is 3.99. The number of non-ortho nitro benzene ring substituents is 1. The highest BCUT2D eigenvalue weighted by molar-refractivity contribution is 9.10. The molecule has 6 nitrogen and oxygen atoms in total. The highest BCUT2D eigenvalue weighted by atomic mass is 79.9. The fourth-order valence-corrected chi connectivity index (χ4v) is 1.95. The van der Waals surface area contributed by atoms with Crippen LogP contribution in [-0.2, 0) is 0 Å². The zero-order chi connectivity index (χ0) is 14.7. The molecule has 2 aromatic rings. The Labute approximate surface area is 122 Å². The maximum atomic E-state index is 12.0. The van der Waals surface area contributed by atoms with E-state index in [0.29, 0.717) is 10.0 Å². The number of amides is 1. The number of carbonyl (C=O) groups is 1. The third-order valence-electron chi connectivity index (χ3n) is 2.51. The second kappa shape index (κ2) is 5.70. The normalized spacial score (nSPS) is 10.1. The Hall–Kier alpha value is -2.41. The molecule has 1 N–H and O–H groups in total. The third-order valence-corrected chi connectivity index (χ3v) is 3.00. The number of nitro groups is 1. The van der Waals surface area contributed by atoms with Crippen molar-refractivity contribution in [1.82, 2.24) is 0 Å². The largest absolute Gasteiger partial charge is 0.871 e. The van der Waals surface area contributed by atoms with E-state index < -0.39 is 16.6 Å². The van der Waals surface area contributed by atoms with Crippen LogP contribution in [0, 0.1) is 10.1 Å². The third kappa shape index (κ3) is 3.12. The van der Waals surface area contributed by atoms with Crippen LogP contribution in [-0.4, -0.2) is 10.8 Å². The molecule has 0 radical (unpaired) electrons. The maximum absolute atomic E-state index is 12.0. The minimum atomic E-state index is -0.631. The van der Waals surface area contributed by atoms with Gasteiger partial charge in [0, 0.05) is 27.9 Å². The number of hydrogen-bond acceptors (Lipinski definition) is 4. The smallest absolute Gasteiger partial charge is 0.271 e. The SMILES string of the molecule is O=C(Nc1cc([N+](=O)[O-])ccc1[O-])c1cccc(Br)c1. The molecule has 0 unspecified atom stereocenters. The van der Waals surface area contributed by atoms with E-state index in [2.05, 4.69) is 21.2 Å². The van der Waals surface area contributed by atoms with Gasteiger partial charge in [-0.1, -0.05) is 33.8 Å². The predicted octanol–water partition coefficient (Wildman–Crippen LogP) is 2.68. The number of halogens is 1. The van der Waals surface area contributed by atoms with E-state index in [4.69, 9.17) is 0 Å². The van der Waals surface area contributed by atoms with Crippen LogP contribution in [0.25, 0.3) is 0 Å². The molecule has 2 rings (SSSR count). The summed E-state index contributed by atoms with van der Waals surface area (Å²) in [4.78, 5) is 22.0. The van der Waals surface area contributed by atoms with Gasteiger partial charge in [0.1, 0.15) is 0 Å². The summed E-state index contributed by atoms with van der Waals surface area (Å²) in [6.07, 6.45) is 0. The number of rotatable bonds is 3. The van der Waals surface area contributed by atoms with Gasteiger partial charge >= 0.3 is 0 Å².